The van der Waals surface area contributed by atoms with Gasteiger partial charge in [0.15, 0.2) is 5.60 Å². The molecule has 4 nitrogen and oxygen atoms in total. The number of hydrogen-bond acceptors (Lipinski definition) is 4. The molecule has 8 rings (SSSR count). The molecule has 0 saturated carbocycles. The smallest absolute Gasteiger partial charge is 0.178 e. The van der Waals surface area contributed by atoms with Gasteiger partial charge in [-0.25, -0.2) is 0 Å². The third-order valence-electron chi connectivity index (χ3n) is 11.6. The van der Waals surface area contributed by atoms with Crippen molar-refractivity contribution in [3.05, 3.63) is 173 Å². The van der Waals surface area contributed by atoms with Gasteiger partial charge in [-0.3, -0.25) is 0 Å². The zero-order chi connectivity index (χ0) is 34.7. The van der Waals surface area contributed by atoms with Gasteiger partial charge in [-0.1, -0.05) is 137 Å². The first kappa shape index (κ1) is 31.9. The third-order valence-corrected chi connectivity index (χ3v) is 11.6. The predicted molar refractivity (Wildman–Crippen MR) is 201 cm³/mol. The van der Waals surface area contributed by atoms with Gasteiger partial charge in [0.1, 0.15) is 28.6 Å². The predicted octanol–water partition coefficient (Wildman–Crippen LogP) is 10.8. The summed E-state index contributed by atoms with van der Waals surface area (Å²) in [7, 11) is 1.68. The molecule has 250 valence electrons. The van der Waals surface area contributed by atoms with Gasteiger partial charge in [0.25, 0.3) is 0 Å². The van der Waals surface area contributed by atoms with Crippen LogP contribution in [0.3, 0.4) is 0 Å². The summed E-state index contributed by atoms with van der Waals surface area (Å²) in [5.41, 5.74) is 2.26. The largest absolute Gasteiger partial charge is 0.497 e. The van der Waals surface area contributed by atoms with E-state index in [0.29, 0.717) is 11.5 Å². The highest BCUT2D eigenvalue weighted by molar-refractivity contribution is 5.98. The molecule has 0 spiro atoms. The Bertz CT molecular complexity index is 2230. The Hall–Kier alpha value is -5.32. The first-order chi connectivity index (χ1) is 24.1. The molecule has 1 heterocycles. The van der Waals surface area contributed by atoms with Crippen molar-refractivity contribution >= 4 is 16.8 Å². The lowest BCUT2D eigenvalue weighted by molar-refractivity contribution is -0.115. The summed E-state index contributed by atoms with van der Waals surface area (Å²) < 4.78 is 19.6. The number of fused-ring (bicyclic) bond motifs is 6. The van der Waals surface area contributed by atoms with Crippen LogP contribution in [0.1, 0.15) is 61.1 Å². The minimum Gasteiger partial charge on any atom is -0.497 e. The van der Waals surface area contributed by atoms with Crippen LogP contribution in [-0.4, -0.2) is 12.2 Å². The van der Waals surface area contributed by atoms with Crippen molar-refractivity contribution < 1.29 is 19.3 Å². The highest BCUT2D eigenvalue weighted by Crippen LogP contribution is 2.65. The van der Waals surface area contributed by atoms with Gasteiger partial charge in [0.2, 0.25) is 0 Å². The fraction of sp³-hybridized carbons (Fsp3) is 0.217. The first-order valence-corrected chi connectivity index (χ1v) is 17.3. The molecule has 0 aromatic heterocycles. The Kier molecular flexibility index (Phi) is 7.43. The lowest BCUT2D eigenvalue weighted by Crippen LogP contribution is -2.56. The summed E-state index contributed by atoms with van der Waals surface area (Å²) in [6.07, 6.45) is 5.12. The number of hydrogen-bond donors (Lipinski definition) is 1. The van der Waals surface area contributed by atoms with Gasteiger partial charge in [-0.15, -0.1) is 0 Å². The van der Waals surface area contributed by atoms with E-state index in [4.69, 9.17) is 14.2 Å². The Balaban J connectivity index is 1.44. The summed E-state index contributed by atoms with van der Waals surface area (Å²) in [4.78, 5) is 0. The molecule has 0 saturated heterocycles. The number of methoxy groups -OCH3 is 1. The lowest BCUT2D eigenvalue weighted by Gasteiger charge is -2.58. The van der Waals surface area contributed by atoms with Crippen molar-refractivity contribution in [2.45, 2.75) is 45.3 Å². The summed E-state index contributed by atoms with van der Waals surface area (Å²) in [5.74, 6) is 2.87. The van der Waals surface area contributed by atoms with Crippen LogP contribution in [0.15, 0.2) is 140 Å². The molecule has 6 aromatic carbocycles. The van der Waals surface area contributed by atoms with Crippen LogP contribution in [-0.2, 0) is 17.6 Å². The van der Waals surface area contributed by atoms with Crippen LogP contribution in [0.4, 0.5) is 0 Å². The topological polar surface area (TPSA) is 47.9 Å². The van der Waals surface area contributed by atoms with Crippen molar-refractivity contribution in [2.75, 3.05) is 7.11 Å². The molecular formula is C46H42O4. The standard InChI is InChI=1S/C46H42O4/c1-43(2)30-38-35-20-12-13-21-36(35)42-37(28-29-45(50-42,31-16-8-6-9-17-31)32-24-26-33(48-5)27-25-32)41(38)46(47,44(43,3)4)39-22-14-15-23-40(39)49-34-18-10-7-11-19-34/h6-29,47H,30H2,1-5H3. The van der Waals surface area contributed by atoms with E-state index in [-0.39, 0.29) is 5.41 Å². The van der Waals surface area contributed by atoms with Crippen LogP contribution >= 0.6 is 0 Å². The minimum atomic E-state index is -1.47. The molecule has 0 amide bonds. The summed E-state index contributed by atoms with van der Waals surface area (Å²) in [5, 5.41) is 16.0. The van der Waals surface area contributed by atoms with E-state index in [0.717, 1.165) is 62.1 Å². The molecule has 0 radical (unpaired) electrons. The second-order valence-corrected chi connectivity index (χ2v) is 14.7. The molecule has 4 heteroatoms. The molecule has 0 fully saturated rings. The van der Waals surface area contributed by atoms with Gasteiger partial charge in [-0.05, 0) is 59.2 Å². The van der Waals surface area contributed by atoms with Crippen LogP contribution in [0.5, 0.6) is 23.0 Å². The van der Waals surface area contributed by atoms with E-state index in [9.17, 15) is 5.11 Å². The molecular weight excluding hydrogens is 617 g/mol. The average molecular weight is 659 g/mol. The fourth-order valence-corrected chi connectivity index (χ4v) is 8.17. The maximum Gasteiger partial charge on any atom is 0.178 e. The molecule has 0 bridgehead atoms. The summed E-state index contributed by atoms with van der Waals surface area (Å²) in [6, 6.07) is 44.6. The van der Waals surface area contributed by atoms with Gasteiger partial charge < -0.3 is 19.3 Å². The summed E-state index contributed by atoms with van der Waals surface area (Å²) in [6.45, 7) is 8.92. The molecule has 2 atom stereocenters. The molecule has 2 unspecified atom stereocenters. The molecule has 50 heavy (non-hydrogen) atoms. The average Bonchev–Trinajstić information content (AvgIpc) is 3.15. The molecule has 2 aliphatic rings. The molecule has 1 aliphatic carbocycles. The van der Waals surface area contributed by atoms with Crippen molar-refractivity contribution in [3.8, 4) is 23.0 Å². The van der Waals surface area contributed by atoms with Gasteiger partial charge in [0.05, 0.1) is 7.11 Å². The highest BCUT2D eigenvalue weighted by atomic mass is 16.5. The first-order valence-electron chi connectivity index (χ1n) is 17.3. The van der Waals surface area contributed by atoms with E-state index in [1.54, 1.807) is 7.11 Å². The quantitative estimate of drug-likeness (QED) is 0.193. The maximum atomic E-state index is 13.9. The second kappa shape index (κ2) is 11.6. The van der Waals surface area contributed by atoms with Gasteiger partial charge in [-0.2, -0.15) is 0 Å². The van der Waals surface area contributed by atoms with Crippen LogP contribution in [0, 0.1) is 10.8 Å². The number of benzene rings is 6. The van der Waals surface area contributed by atoms with Crippen molar-refractivity contribution in [3.63, 3.8) is 0 Å². The van der Waals surface area contributed by atoms with Gasteiger partial charge in [0, 0.05) is 38.6 Å². The van der Waals surface area contributed by atoms with E-state index in [2.05, 4.69) is 88.4 Å². The van der Waals surface area contributed by atoms with Crippen LogP contribution in [0.25, 0.3) is 16.8 Å². The van der Waals surface area contributed by atoms with Crippen LogP contribution < -0.4 is 14.2 Å². The Morgan fingerprint density at radius 3 is 1.94 bits per heavy atom. The van der Waals surface area contributed by atoms with E-state index in [1.165, 1.54) is 0 Å². The minimum absolute atomic E-state index is 0.304. The number of ether oxygens (including phenoxy) is 3. The number of rotatable bonds is 6. The van der Waals surface area contributed by atoms with E-state index < -0.39 is 16.6 Å². The van der Waals surface area contributed by atoms with Crippen molar-refractivity contribution in [2.24, 2.45) is 10.8 Å². The highest BCUT2D eigenvalue weighted by Gasteiger charge is 2.60. The Morgan fingerprint density at radius 2 is 1.24 bits per heavy atom. The van der Waals surface area contributed by atoms with Crippen molar-refractivity contribution in [1.82, 2.24) is 0 Å². The second-order valence-electron chi connectivity index (χ2n) is 14.7. The van der Waals surface area contributed by atoms with E-state index >= 15 is 0 Å². The zero-order valence-corrected chi connectivity index (χ0v) is 29.2. The summed E-state index contributed by atoms with van der Waals surface area (Å²) >= 11 is 0. The number of aliphatic hydroxyl groups is 1. The SMILES string of the molecule is COc1ccc(C2(c3ccccc3)C=Cc3c4c(c5ccccc5c3O2)CC(C)(C)C(C)(C)C4(O)c2ccccc2Oc2ccccc2)cc1. The Morgan fingerprint density at radius 1 is 0.640 bits per heavy atom. The van der Waals surface area contributed by atoms with Crippen LogP contribution in [0.2, 0.25) is 0 Å². The number of para-hydroxylation sites is 2. The fourth-order valence-electron chi connectivity index (χ4n) is 8.17. The van der Waals surface area contributed by atoms with Gasteiger partial charge >= 0.3 is 0 Å². The Labute approximate surface area is 294 Å². The molecule has 1 aliphatic heterocycles. The normalized spacial score (nSPS) is 21.5. The van der Waals surface area contributed by atoms with E-state index in [1.807, 2.05) is 84.9 Å². The maximum absolute atomic E-state index is 13.9. The molecule has 6 aromatic rings. The monoisotopic (exact) mass is 658 g/mol. The molecule has 1 N–H and O–H groups in total. The third kappa shape index (κ3) is 4.62. The lowest BCUT2D eigenvalue weighted by atomic mass is 9.48. The van der Waals surface area contributed by atoms with Crippen molar-refractivity contribution in [1.29, 1.82) is 0 Å². The zero-order valence-electron chi connectivity index (χ0n) is 29.2.